The predicted octanol–water partition coefficient (Wildman–Crippen LogP) is 2.98. The van der Waals surface area contributed by atoms with Crippen molar-refractivity contribution in [3.8, 4) is 5.75 Å². The fourth-order valence-electron chi connectivity index (χ4n) is 4.44. The van der Waals surface area contributed by atoms with Gasteiger partial charge < -0.3 is 14.5 Å². The van der Waals surface area contributed by atoms with Crippen molar-refractivity contribution in [2.75, 3.05) is 26.7 Å². The van der Waals surface area contributed by atoms with E-state index >= 15 is 0 Å². The van der Waals surface area contributed by atoms with Gasteiger partial charge in [-0.2, -0.15) is 0 Å². The molecular formula is C21H30N2O3. The Balaban J connectivity index is 1.99. The lowest BCUT2D eigenvalue weighted by Gasteiger charge is -2.35. The average Bonchev–Trinajstić information content (AvgIpc) is 3.22. The number of amides is 2. The molecule has 2 amide bonds. The number of nitrogens with zero attached hydrogens (tertiary/aromatic N) is 2. The van der Waals surface area contributed by atoms with Gasteiger partial charge >= 0.3 is 0 Å². The number of ether oxygens (including phenoxy) is 1. The van der Waals surface area contributed by atoms with Crippen LogP contribution in [-0.2, 0) is 15.0 Å². The van der Waals surface area contributed by atoms with Crippen molar-refractivity contribution in [2.45, 2.75) is 57.4 Å². The van der Waals surface area contributed by atoms with Gasteiger partial charge in [-0.15, -0.1) is 0 Å². The number of hydrogen-bond donors (Lipinski definition) is 0. The molecule has 2 unspecified atom stereocenters. The summed E-state index contributed by atoms with van der Waals surface area (Å²) in [5.74, 6) is 1.10. The molecular weight excluding hydrogens is 328 g/mol. The lowest BCUT2D eigenvalue weighted by atomic mass is 9.76. The van der Waals surface area contributed by atoms with Gasteiger partial charge in [0, 0.05) is 32.1 Å². The largest absolute Gasteiger partial charge is 0.497 e. The standard InChI is InChI=1S/C21H30N2O3/c1-4-6-12-22(5-2)20(25)21(16-8-7-9-18(13-16)26-3)14-17-10-11-19(24)23(17)15-21/h7-9,13,17H,4-6,10-12,14-15H2,1-3H3. The summed E-state index contributed by atoms with van der Waals surface area (Å²) < 4.78 is 5.40. The molecule has 5 heteroatoms. The molecule has 0 radical (unpaired) electrons. The quantitative estimate of drug-likeness (QED) is 0.753. The van der Waals surface area contributed by atoms with E-state index < -0.39 is 5.41 Å². The van der Waals surface area contributed by atoms with Crippen LogP contribution < -0.4 is 4.74 Å². The molecule has 1 aromatic rings. The third kappa shape index (κ3) is 3.19. The van der Waals surface area contributed by atoms with E-state index in [1.807, 2.05) is 41.0 Å². The molecule has 2 saturated heterocycles. The SMILES string of the molecule is CCCCN(CC)C(=O)C1(c2cccc(OC)c2)CC2CCC(=O)N2C1. The highest BCUT2D eigenvalue weighted by atomic mass is 16.5. The van der Waals surface area contributed by atoms with Crippen LogP contribution in [0, 0.1) is 0 Å². The average molecular weight is 358 g/mol. The third-order valence-electron chi connectivity index (χ3n) is 5.96. The van der Waals surface area contributed by atoms with Crippen molar-refractivity contribution in [2.24, 2.45) is 0 Å². The van der Waals surface area contributed by atoms with Crippen LogP contribution >= 0.6 is 0 Å². The lowest BCUT2D eigenvalue weighted by Crippen LogP contribution is -2.49. The van der Waals surface area contributed by atoms with Crippen LogP contribution in [0.15, 0.2) is 24.3 Å². The molecule has 2 heterocycles. The summed E-state index contributed by atoms with van der Waals surface area (Å²) in [6.45, 7) is 6.14. The Morgan fingerprint density at radius 3 is 2.85 bits per heavy atom. The van der Waals surface area contributed by atoms with E-state index in [-0.39, 0.29) is 17.9 Å². The summed E-state index contributed by atoms with van der Waals surface area (Å²) in [5.41, 5.74) is 0.318. The summed E-state index contributed by atoms with van der Waals surface area (Å²) in [6, 6.07) is 8.01. The molecule has 0 aliphatic carbocycles. The first-order valence-corrected chi connectivity index (χ1v) is 9.79. The molecule has 26 heavy (non-hydrogen) atoms. The van der Waals surface area contributed by atoms with Crippen LogP contribution in [0.5, 0.6) is 5.75 Å². The Labute approximate surface area is 156 Å². The van der Waals surface area contributed by atoms with E-state index in [1.54, 1.807) is 7.11 Å². The van der Waals surface area contributed by atoms with Crippen molar-refractivity contribution >= 4 is 11.8 Å². The first-order valence-electron chi connectivity index (χ1n) is 9.79. The van der Waals surface area contributed by atoms with Gasteiger partial charge in [-0.25, -0.2) is 0 Å². The number of benzene rings is 1. The number of fused-ring (bicyclic) bond motifs is 1. The molecule has 2 aliphatic rings. The number of unbranched alkanes of at least 4 members (excludes halogenated alkanes) is 1. The number of methoxy groups -OCH3 is 1. The first-order chi connectivity index (χ1) is 12.6. The molecule has 0 aromatic heterocycles. The molecule has 2 fully saturated rings. The number of carbonyl (C=O) groups is 2. The van der Waals surface area contributed by atoms with Gasteiger partial charge in [0.05, 0.1) is 12.5 Å². The molecule has 1 aromatic carbocycles. The highest BCUT2D eigenvalue weighted by Crippen LogP contribution is 2.44. The molecule has 2 atom stereocenters. The summed E-state index contributed by atoms with van der Waals surface area (Å²) in [5, 5.41) is 0. The van der Waals surface area contributed by atoms with Gasteiger partial charge in [0.1, 0.15) is 5.75 Å². The number of rotatable bonds is 7. The van der Waals surface area contributed by atoms with Gasteiger partial charge in [-0.3, -0.25) is 9.59 Å². The molecule has 0 bridgehead atoms. The van der Waals surface area contributed by atoms with Crippen LogP contribution in [0.1, 0.15) is 51.5 Å². The van der Waals surface area contributed by atoms with Crippen molar-refractivity contribution in [1.29, 1.82) is 0 Å². The van der Waals surface area contributed by atoms with Crippen LogP contribution in [0.3, 0.4) is 0 Å². The third-order valence-corrected chi connectivity index (χ3v) is 5.96. The minimum Gasteiger partial charge on any atom is -0.497 e. The molecule has 3 rings (SSSR count). The van der Waals surface area contributed by atoms with E-state index in [0.29, 0.717) is 25.9 Å². The maximum absolute atomic E-state index is 13.7. The fraction of sp³-hybridized carbons (Fsp3) is 0.619. The maximum Gasteiger partial charge on any atom is 0.235 e. The van der Waals surface area contributed by atoms with Crippen molar-refractivity contribution in [1.82, 2.24) is 9.80 Å². The van der Waals surface area contributed by atoms with Crippen molar-refractivity contribution < 1.29 is 14.3 Å². The summed E-state index contributed by atoms with van der Waals surface area (Å²) in [4.78, 5) is 29.9. The van der Waals surface area contributed by atoms with Gasteiger partial charge in [0.25, 0.3) is 0 Å². The minimum absolute atomic E-state index is 0.156. The van der Waals surface area contributed by atoms with Gasteiger partial charge in [0.2, 0.25) is 11.8 Å². The minimum atomic E-state index is -0.654. The smallest absolute Gasteiger partial charge is 0.235 e. The van der Waals surface area contributed by atoms with Gasteiger partial charge in [-0.1, -0.05) is 25.5 Å². The second-order valence-electron chi connectivity index (χ2n) is 7.47. The molecule has 0 saturated carbocycles. The molecule has 0 spiro atoms. The fourth-order valence-corrected chi connectivity index (χ4v) is 4.44. The molecule has 2 aliphatic heterocycles. The summed E-state index contributed by atoms with van der Waals surface area (Å²) in [7, 11) is 1.64. The zero-order chi connectivity index (χ0) is 18.7. The van der Waals surface area contributed by atoms with Gasteiger partial charge in [0.15, 0.2) is 0 Å². The predicted molar refractivity (Wildman–Crippen MR) is 101 cm³/mol. The van der Waals surface area contributed by atoms with E-state index in [2.05, 4.69) is 6.92 Å². The van der Waals surface area contributed by atoms with Crippen molar-refractivity contribution in [3.05, 3.63) is 29.8 Å². The Hall–Kier alpha value is -2.04. The maximum atomic E-state index is 13.7. The van der Waals surface area contributed by atoms with Crippen LogP contribution in [-0.4, -0.2) is 54.4 Å². The summed E-state index contributed by atoms with van der Waals surface area (Å²) in [6.07, 6.45) is 4.25. The zero-order valence-electron chi connectivity index (χ0n) is 16.2. The second kappa shape index (κ2) is 7.68. The van der Waals surface area contributed by atoms with Crippen LogP contribution in [0.25, 0.3) is 0 Å². The Morgan fingerprint density at radius 2 is 2.19 bits per heavy atom. The molecule has 5 nitrogen and oxygen atoms in total. The zero-order valence-corrected chi connectivity index (χ0v) is 16.2. The van der Waals surface area contributed by atoms with Crippen molar-refractivity contribution in [3.63, 3.8) is 0 Å². The summed E-state index contributed by atoms with van der Waals surface area (Å²) >= 11 is 0. The number of likely N-dealkylation sites (N-methyl/N-ethyl adjacent to an activating group) is 1. The number of carbonyl (C=O) groups excluding carboxylic acids is 2. The highest BCUT2D eigenvalue weighted by Gasteiger charge is 2.54. The highest BCUT2D eigenvalue weighted by molar-refractivity contribution is 5.91. The topological polar surface area (TPSA) is 49.9 Å². The molecule has 0 N–H and O–H groups in total. The molecule has 142 valence electrons. The Bertz CT molecular complexity index is 675. The number of hydrogen-bond acceptors (Lipinski definition) is 3. The normalized spacial score (nSPS) is 24.7. The van der Waals surface area contributed by atoms with E-state index in [1.165, 1.54) is 0 Å². The lowest BCUT2D eigenvalue weighted by molar-refractivity contribution is -0.137. The Morgan fingerprint density at radius 1 is 1.38 bits per heavy atom. The van der Waals surface area contributed by atoms with E-state index in [0.717, 1.165) is 37.1 Å². The van der Waals surface area contributed by atoms with Gasteiger partial charge in [-0.05, 0) is 43.9 Å². The first kappa shape index (κ1) is 18.7. The second-order valence-corrected chi connectivity index (χ2v) is 7.47. The Kier molecular flexibility index (Phi) is 5.54. The monoisotopic (exact) mass is 358 g/mol. The van der Waals surface area contributed by atoms with E-state index in [9.17, 15) is 9.59 Å². The van der Waals surface area contributed by atoms with E-state index in [4.69, 9.17) is 4.74 Å². The van der Waals surface area contributed by atoms with Crippen LogP contribution in [0.2, 0.25) is 0 Å². The van der Waals surface area contributed by atoms with Crippen LogP contribution in [0.4, 0.5) is 0 Å².